The Labute approximate surface area is 693 Å². The minimum Gasteiger partial charge on any atom is -0.504 e. The fourth-order valence-corrected chi connectivity index (χ4v) is 21.3. The molecule has 22 rings (SSSR count). The quantitative estimate of drug-likeness (QED) is 0.0382. The van der Waals surface area contributed by atoms with Gasteiger partial charge in [0, 0.05) is 115 Å². The molecule has 18 heteroatoms. The van der Waals surface area contributed by atoms with Crippen molar-refractivity contribution in [3.63, 3.8) is 0 Å². The molecule has 4 aliphatic carbocycles. The molecule has 0 amide bonds. The van der Waals surface area contributed by atoms with Crippen LogP contribution in [0.25, 0.3) is 175 Å². The minimum atomic E-state index is -1.15. The Hall–Kier alpha value is -15.6. The molecule has 0 spiro atoms. The average molecular weight is 1610 g/mol. The Balaban J connectivity index is 0.731. The smallest absolute Gasteiger partial charge is 0.215 e. The molecule has 4 aliphatic rings. The van der Waals surface area contributed by atoms with Gasteiger partial charge in [-0.2, -0.15) is 0 Å². The van der Waals surface area contributed by atoms with Gasteiger partial charge in [-0.25, -0.2) is 0 Å². The zero-order valence-corrected chi connectivity index (χ0v) is 66.1. The van der Waals surface area contributed by atoms with Crippen molar-refractivity contribution in [2.75, 3.05) is 0 Å². The van der Waals surface area contributed by atoms with Gasteiger partial charge < -0.3 is 90.2 Å². The summed E-state index contributed by atoms with van der Waals surface area (Å²) in [5, 5.41) is 187. The first-order valence-corrected chi connectivity index (χ1v) is 40.0. The molecule has 598 valence electrons. The summed E-state index contributed by atoms with van der Waals surface area (Å²) < 4.78 is 20.0. The molecule has 0 aliphatic heterocycles. The first-order valence-electron chi connectivity index (χ1n) is 40.0. The van der Waals surface area contributed by atoms with Crippen molar-refractivity contribution < 1.29 is 90.2 Å². The van der Waals surface area contributed by atoms with Crippen LogP contribution < -0.4 is 4.74 Å². The summed E-state index contributed by atoms with van der Waals surface area (Å²) in [6.07, 6.45) is 17.2. The zero-order valence-electron chi connectivity index (χ0n) is 66.1. The second-order valence-electron chi connectivity index (χ2n) is 34.2. The van der Waals surface area contributed by atoms with Gasteiger partial charge in [0.1, 0.15) is 28.1 Å². The molecule has 122 heavy (non-hydrogen) atoms. The molecule has 0 radical (unpaired) electrons. The number of hydrogen-bond acceptors (Lipinski definition) is 18. The van der Waals surface area contributed by atoms with Crippen LogP contribution in [0.5, 0.6) is 97.7 Å². The van der Waals surface area contributed by atoms with E-state index in [2.05, 4.69) is 102 Å². The standard InChI is InChI=1S/C104H74O18/c1-101(2)63-29-15-22-55(73(63)64-28-10-12-39-104(64,101)6)46-32-34-47(35-33-46)69-76-80(88(108)96(116)93(113)85(76)105)74(81-77(69)86(106)94(114)97(117)89(81)109)58-25-16-31-66-71(58)61-43-50-36-37-54(41-53(50)45-68(61)122-66)120-100-92(112)83-75(59-26-17-30-65-72(59)60-42-48-18-7-8-19-49(48)44-67(60)121-65)82-78(87(107)95(115)98(118)90(82)110)70(79(83)91(111)99(100)119)52-21-13-20-51(40-52)56-23-14-24-57-62-27-9-11-38-103(62,5)102(3,4)84(56)57/h7-45,62,64,105-119H,1-6H3. The van der Waals surface area contributed by atoms with Crippen molar-refractivity contribution in [2.45, 2.75) is 64.2 Å². The summed E-state index contributed by atoms with van der Waals surface area (Å²) in [6.45, 7) is 13.4. The first-order chi connectivity index (χ1) is 58.5. The molecule has 4 atom stereocenters. The van der Waals surface area contributed by atoms with Crippen LogP contribution in [-0.4, -0.2) is 76.6 Å². The van der Waals surface area contributed by atoms with Gasteiger partial charge >= 0.3 is 0 Å². The topological polar surface area (TPSA) is 339 Å². The number of allylic oxidation sites excluding steroid dienone is 8. The van der Waals surface area contributed by atoms with Crippen LogP contribution >= 0.6 is 0 Å². The predicted octanol–water partition coefficient (Wildman–Crippen LogP) is 24.8. The van der Waals surface area contributed by atoms with Crippen molar-refractivity contribution in [1.29, 1.82) is 0 Å². The number of phenols is 15. The predicted molar refractivity (Wildman–Crippen MR) is 474 cm³/mol. The highest BCUT2D eigenvalue weighted by Gasteiger charge is 2.56. The molecule has 18 aromatic rings. The lowest BCUT2D eigenvalue weighted by Crippen LogP contribution is -2.36. The second-order valence-corrected chi connectivity index (χ2v) is 34.2. The second kappa shape index (κ2) is 24.8. The fraction of sp³-hybridized carbons (Fsp3) is 0.115. The lowest BCUT2D eigenvalue weighted by atomic mass is 9.62. The Morgan fingerprint density at radius 3 is 1.27 bits per heavy atom. The Bertz CT molecular complexity index is 7950. The summed E-state index contributed by atoms with van der Waals surface area (Å²) in [7, 11) is 0. The molecule has 15 N–H and O–H groups in total. The van der Waals surface area contributed by atoms with Gasteiger partial charge in [0.2, 0.25) is 46.0 Å². The third-order valence-electron chi connectivity index (χ3n) is 27.9. The van der Waals surface area contributed by atoms with Crippen LogP contribution in [-0.2, 0) is 10.8 Å². The molecule has 0 saturated heterocycles. The van der Waals surface area contributed by atoms with E-state index in [0.29, 0.717) is 49.0 Å². The van der Waals surface area contributed by atoms with E-state index in [1.165, 1.54) is 11.6 Å². The SMILES string of the molecule is CC1(C)c2cccc(-c3ccc(-c4c5c(O)c(O)c(O)c(O)c5c(-c5cccc6oc7cc8cc(Oc9c(O)c(O)c%10c(-c%11cccc(-c%12cccc%13c%12C(C)(C)C%12(C)C=CC=CC%13%12)c%11)c%11c(O)c(O)c(O)c(O)c%11c(-c%11cccc%12oc%13cc%14ccccc%14cc%13c%11%12)c%10c9O)ccc8cc7c56)c5c(O)c(O)c(O)c(O)c45)cc3)c2C2C=CC=CC21C. The number of hydrogen-bond donors (Lipinski definition) is 15. The normalized spacial score (nSPS) is 18.0. The van der Waals surface area contributed by atoms with Gasteiger partial charge in [-0.05, 0) is 148 Å². The molecular formula is C104H74O18. The highest BCUT2D eigenvalue weighted by molar-refractivity contribution is 6.34. The average Bonchev–Trinajstić information content (AvgIpc) is 1.43. The third kappa shape index (κ3) is 9.31. The summed E-state index contributed by atoms with van der Waals surface area (Å²) in [5.41, 5.74) is 8.14. The van der Waals surface area contributed by atoms with Crippen LogP contribution in [0.3, 0.4) is 0 Å². The van der Waals surface area contributed by atoms with E-state index in [-0.39, 0.29) is 133 Å². The summed E-state index contributed by atoms with van der Waals surface area (Å²) in [5.74, 6) is -15.7. The van der Waals surface area contributed by atoms with E-state index in [1.54, 1.807) is 84.9 Å². The van der Waals surface area contributed by atoms with Gasteiger partial charge in [-0.15, -0.1) is 0 Å². The van der Waals surface area contributed by atoms with Gasteiger partial charge in [0.25, 0.3) is 0 Å². The number of furan rings is 2. The molecule has 0 saturated carbocycles. The van der Waals surface area contributed by atoms with Gasteiger partial charge in [-0.1, -0.05) is 224 Å². The first kappa shape index (κ1) is 72.9. The van der Waals surface area contributed by atoms with Crippen molar-refractivity contribution in [1.82, 2.24) is 0 Å². The molecule has 0 fully saturated rings. The van der Waals surface area contributed by atoms with Crippen LogP contribution in [0, 0.1) is 10.8 Å². The van der Waals surface area contributed by atoms with Crippen LogP contribution in [0.15, 0.2) is 245 Å². The Morgan fingerprint density at radius 1 is 0.287 bits per heavy atom. The van der Waals surface area contributed by atoms with E-state index in [1.807, 2.05) is 84.9 Å². The highest BCUT2D eigenvalue weighted by Crippen LogP contribution is 2.69. The van der Waals surface area contributed by atoms with Gasteiger partial charge in [-0.3, -0.25) is 0 Å². The monoisotopic (exact) mass is 1610 g/mol. The molecular weight excluding hydrogens is 1540 g/mol. The largest absolute Gasteiger partial charge is 0.504 e. The number of rotatable bonds is 8. The van der Waals surface area contributed by atoms with Crippen molar-refractivity contribution in [3.8, 4) is 165 Å². The van der Waals surface area contributed by atoms with Crippen LogP contribution in [0.4, 0.5) is 0 Å². The van der Waals surface area contributed by atoms with E-state index >= 15 is 0 Å². The van der Waals surface area contributed by atoms with E-state index < -0.39 is 97.4 Å². The highest BCUT2D eigenvalue weighted by atomic mass is 16.5. The number of benzene rings is 16. The summed E-state index contributed by atoms with van der Waals surface area (Å²) in [4.78, 5) is 0. The maximum absolute atomic E-state index is 13.7. The van der Waals surface area contributed by atoms with Gasteiger partial charge in [0.15, 0.2) is 46.0 Å². The van der Waals surface area contributed by atoms with E-state index in [9.17, 15) is 76.6 Å². The number of ether oxygens (including phenoxy) is 1. The van der Waals surface area contributed by atoms with E-state index in [4.69, 9.17) is 13.6 Å². The Morgan fingerprint density at radius 2 is 0.713 bits per heavy atom. The fourth-order valence-electron chi connectivity index (χ4n) is 21.3. The molecule has 0 bridgehead atoms. The molecule has 2 aromatic heterocycles. The number of phenolic OH excluding ortho intramolecular Hbond substituents is 15. The van der Waals surface area contributed by atoms with Crippen LogP contribution in [0.2, 0.25) is 0 Å². The molecule has 2 heterocycles. The van der Waals surface area contributed by atoms with Gasteiger partial charge in [0.05, 0.1) is 0 Å². The van der Waals surface area contributed by atoms with Crippen molar-refractivity contribution in [3.05, 3.63) is 259 Å². The minimum absolute atomic E-state index is 0.0247. The molecule has 16 aromatic carbocycles. The van der Waals surface area contributed by atoms with E-state index in [0.717, 1.165) is 44.2 Å². The Kier molecular flexibility index (Phi) is 14.8. The lowest BCUT2D eigenvalue weighted by molar-refractivity contribution is 0.245. The molecule has 18 nitrogen and oxygen atoms in total. The van der Waals surface area contributed by atoms with Crippen molar-refractivity contribution >= 4 is 109 Å². The zero-order chi connectivity index (χ0) is 84.5. The number of fused-ring (bicyclic) bond motifs is 18. The molecule has 4 unspecified atom stereocenters. The lowest BCUT2D eigenvalue weighted by Gasteiger charge is -2.41. The van der Waals surface area contributed by atoms with Crippen molar-refractivity contribution in [2.24, 2.45) is 10.8 Å². The number of aromatic hydroxyl groups is 15. The maximum atomic E-state index is 13.7. The summed E-state index contributed by atoms with van der Waals surface area (Å²) >= 11 is 0. The third-order valence-corrected chi connectivity index (χ3v) is 27.9. The summed E-state index contributed by atoms with van der Waals surface area (Å²) in [6, 6.07) is 56.3. The maximum Gasteiger partial charge on any atom is 0.215 e. The van der Waals surface area contributed by atoms with Crippen LogP contribution in [0.1, 0.15) is 75.6 Å².